The molecule has 2 aromatic carbocycles. The van der Waals surface area contributed by atoms with E-state index in [-0.39, 0.29) is 5.78 Å². The fourth-order valence-corrected chi connectivity index (χ4v) is 3.90. The number of rotatable bonds is 10. The van der Waals surface area contributed by atoms with Gasteiger partial charge in [-0.1, -0.05) is 67.8 Å². The lowest BCUT2D eigenvalue weighted by Crippen LogP contribution is -2.50. The maximum atomic E-state index is 13.2. The molecule has 0 aliphatic rings. The highest BCUT2D eigenvalue weighted by molar-refractivity contribution is 7.75. The first-order valence-electron chi connectivity index (χ1n) is 9.66. The van der Waals surface area contributed by atoms with Gasteiger partial charge in [0, 0.05) is 5.56 Å². The monoisotopic (exact) mass is 402 g/mol. The van der Waals surface area contributed by atoms with E-state index in [1.807, 2.05) is 58.0 Å². The van der Waals surface area contributed by atoms with Gasteiger partial charge < -0.3 is 4.18 Å². The molecule has 0 aromatic heterocycles. The van der Waals surface area contributed by atoms with Gasteiger partial charge in [0.1, 0.15) is 5.75 Å². The maximum absolute atomic E-state index is 13.2. The third-order valence-electron chi connectivity index (χ3n) is 5.37. The third kappa shape index (κ3) is 5.30. The molecule has 4 nitrogen and oxygen atoms in total. The highest BCUT2D eigenvalue weighted by Gasteiger charge is 2.49. The van der Waals surface area contributed by atoms with Gasteiger partial charge in [-0.2, -0.15) is 4.21 Å². The second-order valence-corrected chi connectivity index (χ2v) is 8.58. The summed E-state index contributed by atoms with van der Waals surface area (Å²) in [6.45, 7) is 9.59. The number of benzene rings is 2. The van der Waals surface area contributed by atoms with Crippen molar-refractivity contribution in [3.05, 3.63) is 65.7 Å². The normalized spacial score (nSPS) is 14.9. The quantitative estimate of drug-likeness (QED) is 0.469. The van der Waals surface area contributed by atoms with Crippen LogP contribution in [0.3, 0.4) is 0 Å². The fraction of sp³-hybridized carbons (Fsp3) is 0.435. The van der Waals surface area contributed by atoms with Gasteiger partial charge in [-0.05, 0) is 46.2 Å². The van der Waals surface area contributed by atoms with Crippen molar-refractivity contribution in [3.8, 4) is 5.75 Å². The Balaban J connectivity index is 2.24. The van der Waals surface area contributed by atoms with Crippen LogP contribution < -0.4 is 4.18 Å². The van der Waals surface area contributed by atoms with Crippen molar-refractivity contribution in [1.29, 1.82) is 0 Å². The van der Waals surface area contributed by atoms with Crippen molar-refractivity contribution in [2.24, 2.45) is 5.41 Å². The van der Waals surface area contributed by atoms with Gasteiger partial charge in [0.05, 0.1) is 11.0 Å². The van der Waals surface area contributed by atoms with Crippen molar-refractivity contribution in [1.82, 2.24) is 0 Å². The van der Waals surface area contributed by atoms with Crippen molar-refractivity contribution in [2.45, 2.75) is 59.5 Å². The zero-order valence-electron chi connectivity index (χ0n) is 17.4. The van der Waals surface area contributed by atoms with Gasteiger partial charge in [0.2, 0.25) is 0 Å². The van der Waals surface area contributed by atoms with E-state index in [4.69, 9.17) is 8.37 Å². The minimum atomic E-state index is -2.02. The molecule has 5 heteroatoms. The van der Waals surface area contributed by atoms with E-state index in [9.17, 15) is 9.00 Å². The fourth-order valence-electron chi connectivity index (χ4n) is 3.00. The topological polar surface area (TPSA) is 52.6 Å². The number of hydrogen-bond donors (Lipinski definition) is 0. The molecule has 0 spiro atoms. The lowest BCUT2D eigenvalue weighted by Gasteiger charge is -2.41. The largest absolute Gasteiger partial charge is 0.380 e. The van der Waals surface area contributed by atoms with E-state index in [0.717, 1.165) is 18.4 Å². The van der Waals surface area contributed by atoms with Gasteiger partial charge in [0.25, 0.3) is 0 Å². The van der Waals surface area contributed by atoms with Crippen LogP contribution in [-0.4, -0.2) is 15.6 Å². The summed E-state index contributed by atoms with van der Waals surface area (Å²) in [4.78, 5) is 13.2. The Bertz CT molecular complexity index is 799. The first-order chi connectivity index (χ1) is 13.2. The van der Waals surface area contributed by atoms with Gasteiger partial charge in [-0.3, -0.25) is 8.98 Å². The first kappa shape index (κ1) is 22.3. The standard InChI is InChI=1S/C23H30O4S/c1-6-7-17-23(5,22(3,4)21(24)19-11-9-8-10-12-19)27-28(25)26-20-15-13-18(2)14-16-20/h8-16H,6-7,17H2,1-5H3. The molecule has 0 bridgehead atoms. The van der Waals surface area contributed by atoms with Gasteiger partial charge in [0.15, 0.2) is 5.78 Å². The zero-order valence-corrected chi connectivity index (χ0v) is 18.2. The molecule has 0 saturated carbocycles. The summed E-state index contributed by atoms with van der Waals surface area (Å²) >= 11 is -2.02. The molecule has 2 rings (SSSR count). The summed E-state index contributed by atoms with van der Waals surface area (Å²) in [5.41, 5.74) is -0.146. The van der Waals surface area contributed by atoms with Crippen LogP contribution >= 0.6 is 0 Å². The van der Waals surface area contributed by atoms with Crippen LogP contribution in [0.25, 0.3) is 0 Å². The summed E-state index contributed by atoms with van der Waals surface area (Å²) in [5.74, 6) is 0.424. The van der Waals surface area contributed by atoms with Crippen molar-refractivity contribution < 1.29 is 17.4 Å². The van der Waals surface area contributed by atoms with Crippen molar-refractivity contribution in [3.63, 3.8) is 0 Å². The third-order valence-corrected chi connectivity index (χ3v) is 6.20. The Morgan fingerprint density at radius 1 is 1.00 bits per heavy atom. The van der Waals surface area contributed by atoms with Crippen molar-refractivity contribution in [2.75, 3.05) is 0 Å². The highest BCUT2D eigenvalue weighted by atomic mass is 32.2. The SMILES string of the molecule is CCCCC(C)(OS(=O)Oc1ccc(C)cc1)C(C)(C)C(=O)c1ccccc1. The van der Waals surface area contributed by atoms with Crippen LogP contribution in [0.5, 0.6) is 5.75 Å². The van der Waals surface area contributed by atoms with E-state index < -0.39 is 22.4 Å². The first-order valence-corrected chi connectivity index (χ1v) is 10.7. The summed E-state index contributed by atoms with van der Waals surface area (Å²) in [6, 6.07) is 16.4. The Labute approximate surface area is 171 Å². The number of unbranched alkanes of at least 4 members (excludes halogenated alkanes) is 1. The van der Waals surface area contributed by atoms with E-state index in [1.165, 1.54) is 0 Å². The van der Waals surface area contributed by atoms with Crippen LogP contribution in [0.2, 0.25) is 0 Å². The Morgan fingerprint density at radius 3 is 2.18 bits per heavy atom. The molecule has 0 N–H and O–H groups in total. The van der Waals surface area contributed by atoms with Crippen LogP contribution in [0.1, 0.15) is 62.9 Å². The average Bonchev–Trinajstić information content (AvgIpc) is 2.68. The van der Waals surface area contributed by atoms with Crippen molar-refractivity contribution >= 4 is 17.1 Å². The molecule has 0 aliphatic heterocycles. The van der Waals surface area contributed by atoms with Gasteiger partial charge >= 0.3 is 11.4 Å². The molecular formula is C23H30O4S. The molecule has 28 heavy (non-hydrogen) atoms. The number of hydrogen-bond acceptors (Lipinski definition) is 4. The van der Waals surface area contributed by atoms with E-state index in [2.05, 4.69) is 6.92 Å². The van der Waals surface area contributed by atoms with E-state index in [0.29, 0.717) is 17.7 Å². The molecule has 2 aromatic rings. The number of carbonyl (C=O) groups excluding carboxylic acids is 1. The Kier molecular flexibility index (Phi) is 7.55. The van der Waals surface area contributed by atoms with E-state index in [1.54, 1.807) is 24.3 Å². The van der Waals surface area contributed by atoms with Crippen LogP contribution in [0, 0.1) is 12.3 Å². The number of ketones is 1. The van der Waals surface area contributed by atoms with Gasteiger partial charge in [-0.25, -0.2) is 0 Å². The minimum Gasteiger partial charge on any atom is -0.380 e. The summed E-state index contributed by atoms with van der Waals surface area (Å²) in [7, 11) is 0. The molecule has 0 radical (unpaired) electrons. The lowest BCUT2D eigenvalue weighted by atomic mass is 9.69. The predicted octanol–water partition coefficient (Wildman–Crippen LogP) is 5.83. The van der Waals surface area contributed by atoms with Crippen LogP contribution in [-0.2, 0) is 15.5 Å². The summed E-state index contributed by atoms with van der Waals surface area (Å²) in [6.07, 6.45) is 2.39. The number of carbonyl (C=O) groups is 1. The molecule has 152 valence electrons. The summed E-state index contributed by atoms with van der Waals surface area (Å²) in [5, 5.41) is 0. The second kappa shape index (κ2) is 9.48. The number of aryl methyl sites for hydroxylation is 1. The summed E-state index contributed by atoms with van der Waals surface area (Å²) < 4.78 is 24.0. The van der Waals surface area contributed by atoms with E-state index >= 15 is 0 Å². The highest BCUT2D eigenvalue weighted by Crippen LogP contribution is 2.41. The average molecular weight is 403 g/mol. The lowest BCUT2D eigenvalue weighted by molar-refractivity contribution is -0.0172. The zero-order chi connectivity index (χ0) is 20.8. The Morgan fingerprint density at radius 2 is 1.61 bits per heavy atom. The molecule has 0 saturated heterocycles. The predicted molar refractivity (Wildman–Crippen MR) is 114 cm³/mol. The molecule has 0 heterocycles. The molecule has 0 aliphatic carbocycles. The molecule has 0 amide bonds. The molecule has 0 fully saturated rings. The molecule has 2 unspecified atom stereocenters. The van der Waals surface area contributed by atoms with Gasteiger partial charge in [-0.15, -0.1) is 0 Å². The maximum Gasteiger partial charge on any atom is 0.360 e. The number of Topliss-reactive ketones (excluding diaryl/α,β-unsaturated/α-hetero) is 1. The Hall–Kier alpha value is -1.98. The second-order valence-electron chi connectivity index (χ2n) is 7.84. The smallest absolute Gasteiger partial charge is 0.360 e. The van der Waals surface area contributed by atoms with Crippen LogP contribution in [0.4, 0.5) is 0 Å². The minimum absolute atomic E-state index is 0.0426. The molecule has 2 atom stereocenters. The van der Waals surface area contributed by atoms with Crippen LogP contribution in [0.15, 0.2) is 54.6 Å². The molecular weight excluding hydrogens is 372 g/mol.